The van der Waals surface area contributed by atoms with Crippen LogP contribution in [-0.2, 0) is 30.6 Å². The molecule has 1 amide bonds. The highest BCUT2D eigenvalue weighted by molar-refractivity contribution is 7.18. The molecule has 0 unspecified atom stereocenters. The number of carbonyl (C=O) groups is 1. The Hall–Kier alpha value is -2.67. The van der Waals surface area contributed by atoms with Crippen molar-refractivity contribution in [2.75, 3.05) is 13.7 Å². The van der Waals surface area contributed by atoms with E-state index in [1.54, 1.807) is 18.4 Å². The minimum Gasteiger partial charge on any atom is -0.496 e. The molecule has 3 aromatic rings. The number of hydrogen-bond acceptors (Lipinski definition) is 5. The van der Waals surface area contributed by atoms with Crippen molar-refractivity contribution in [2.24, 2.45) is 0 Å². The van der Waals surface area contributed by atoms with Gasteiger partial charge in [-0.3, -0.25) is 14.2 Å². The highest BCUT2D eigenvalue weighted by Crippen LogP contribution is 2.33. The second-order valence-electron chi connectivity index (χ2n) is 6.98. The molecule has 1 aliphatic carbocycles. The molecule has 0 aliphatic heterocycles. The Morgan fingerprint density at radius 1 is 1.29 bits per heavy atom. The molecule has 0 fully saturated rings. The molecule has 0 bridgehead atoms. The van der Waals surface area contributed by atoms with E-state index in [4.69, 9.17) is 4.74 Å². The largest absolute Gasteiger partial charge is 0.496 e. The van der Waals surface area contributed by atoms with Gasteiger partial charge in [-0.1, -0.05) is 18.2 Å². The monoisotopic (exact) mass is 397 g/mol. The van der Waals surface area contributed by atoms with Gasteiger partial charge in [-0.15, -0.1) is 11.3 Å². The van der Waals surface area contributed by atoms with Gasteiger partial charge in [0.25, 0.3) is 5.56 Å². The van der Waals surface area contributed by atoms with E-state index in [0.29, 0.717) is 18.4 Å². The second-order valence-corrected chi connectivity index (χ2v) is 8.06. The van der Waals surface area contributed by atoms with E-state index in [1.165, 1.54) is 22.2 Å². The Morgan fingerprint density at radius 2 is 2.11 bits per heavy atom. The van der Waals surface area contributed by atoms with Gasteiger partial charge in [0.1, 0.15) is 17.1 Å². The number of nitrogens with one attached hydrogen (secondary N) is 1. The Labute approximate surface area is 167 Å². The Balaban J connectivity index is 1.44. The molecule has 0 saturated heterocycles. The fourth-order valence-electron chi connectivity index (χ4n) is 3.75. The van der Waals surface area contributed by atoms with Crippen LogP contribution in [0, 0.1) is 0 Å². The Morgan fingerprint density at radius 3 is 2.96 bits per heavy atom. The number of ether oxygens (including phenoxy) is 1. The number of aromatic nitrogens is 2. The number of para-hydroxylation sites is 1. The lowest BCUT2D eigenvalue weighted by Gasteiger charge is -2.11. The maximum atomic E-state index is 12.9. The van der Waals surface area contributed by atoms with Crippen LogP contribution >= 0.6 is 11.3 Å². The third-order valence-electron chi connectivity index (χ3n) is 5.16. The maximum Gasteiger partial charge on any atom is 0.262 e. The minimum absolute atomic E-state index is 0.0156. The van der Waals surface area contributed by atoms with E-state index >= 15 is 0 Å². The molecular weight excluding hydrogens is 374 g/mol. The first-order valence-electron chi connectivity index (χ1n) is 9.55. The molecule has 6 nitrogen and oxygen atoms in total. The summed E-state index contributed by atoms with van der Waals surface area (Å²) in [7, 11) is 1.64. The molecule has 28 heavy (non-hydrogen) atoms. The van der Waals surface area contributed by atoms with Crippen molar-refractivity contribution >= 4 is 27.5 Å². The molecule has 0 atom stereocenters. The third kappa shape index (κ3) is 3.67. The second kappa shape index (κ2) is 8.14. The lowest BCUT2D eigenvalue weighted by molar-refractivity contribution is -0.121. The topological polar surface area (TPSA) is 73.2 Å². The van der Waals surface area contributed by atoms with E-state index in [1.807, 2.05) is 24.3 Å². The molecule has 4 rings (SSSR count). The molecule has 146 valence electrons. The summed E-state index contributed by atoms with van der Waals surface area (Å²) in [5.74, 6) is 0.618. The van der Waals surface area contributed by atoms with Crippen LogP contribution in [0.1, 0.15) is 28.8 Å². The standard InChI is InChI=1S/C21H23N3O3S/c1-27-16-8-4-2-6-14(16)10-11-22-18(25)12-24-13-23-20-19(21(24)26)15-7-3-5-9-17(15)28-20/h2,4,6,8,13H,3,5,7,9-12H2,1H3,(H,22,25). The van der Waals surface area contributed by atoms with Gasteiger partial charge < -0.3 is 10.1 Å². The van der Waals surface area contributed by atoms with Crippen molar-refractivity contribution in [3.8, 4) is 5.75 Å². The van der Waals surface area contributed by atoms with Crippen LogP contribution in [0.3, 0.4) is 0 Å². The number of fused-ring (bicyclic) bond motifs is 3. The highest BCUT2D eigenvalue weighted by Gasteiger charge is 2.20. The van der Waals surface area contributed by atoms with Crippen LogP contribution < -0.4 is 15.6 Å². The normalized spacial score (nSPS) is 13.3. The SMILES string of the molecule is COc1ccccc1CCNC(=O)Cn1cnc2sc3c(c2c1=O)CCCC3. The fourth-order valence-corrected chi connectivity index (χ4v) is 4.97. The van der Waals surface area contributed by atoms with Gasteiger partial charge in [-0.25, -0.2) is 4.98 Å². The lowest BCUT2D eigenvalue weighted by Crippen LogP contribution is -2.33. The number of aryl methyl sites for hydroxylation is 2. The molecule has 2 aromatic heterocycles. The first-order valence-corrected chi connectivity index (χ1v) is 10.4. The molecule has 1 aliphatic rings. The third-order valence-corrected chi connectivity index (χ3v) is 6.36. The zero-order chi connectivity index (χ0) is 19.5. The summed E-state index contributed by atoms with van der Waals surface area (Å²) in [6.45, 7) is 0.468. The van der Waals surface area contributed by atoms with Crippen molar-refractivity contribution < 1.29 is 9.53 Å². The number of amides is 1. The van der Waals surface area contributed by atoms with E-state index in [0.717, 1.165) is 41.0 Å². The van der Waals surface area contributed by atoms with E-state index < -0.39 is 0 Å². The number of methoxy groups -OCH3 is 1. The van der Waals surface area contributed by atoms with E-state index in [-0.39, 0.29) is 18.0 Å². The molecule has 0 radical (unpaired) electrons. The number of thiophene rings is 1. The van der Waals surface area contributed by atoms with Crippen LogP contribution in [0.25, 0.3) is 10.2 Å². The zero-order valence-electron chi connectivity index (χ0n) is 15.9. The summed E-state index contributed by atoms with van der Waals surface area (Å²) in [5, 5.41) is 3.60. The van der Waals surface area contributed by atoms with Crippen LogP contribution in [-0.4, -0.2) is 29.1 Å². The van der Waals surface area contributed by atoms with Crippen molar-refractivity contribution in [3.63, 3.8) is 0 Å². The van der Waals surface area contributed by atoms with E-state index in [9.17, 15) is 9.59 Å². The predicted molar refractivity (Wildman–Crippen MR) is 110 cm³/mol. The number of hydrogen-bond donors (Lipinski definition) is 1. The van der Waals surface area contributed by atoms with Gasteiger partial charge in [-0.05, 0) is 49.3 Å². The molecule has 0 saturated carbocycles. The maximum absolute atomic E-state index is 12.9. The van der Waals surface area contributed by atoms with Crippen molar-refractivity contribution in [3.05, 3.63) is 57.0 Å². The summed E-state index contributed by atoms with van der Waals surface area (Å²) >= 11 is 1.62. The van der Waals surface area contributed by atoms with Crippen molar-refractivity contribution in [2.45, 2.75) is 38.6 Å². The molecular formula is C21H23N3O3S. The van der Waals surface area contributed by atoms with Gasteiger partial charge in [0, 0.05) is 11.4 Å². The molecule has 2 heterocycles. The number of carbonyl (C=O) groups excluding carboxylic acids is 1. The number of rotatable bonds is 6. The predicted octanol–water partition coefficient (Wildman–Crippen LogP) is 2.70. The van der Waals surface area contributed by atoms with Crippen molar-refractivity contribution in [1.82, 2.24) is 14.9 Å². The van der Waals surface area contributed by atoms with Crippen LogP contribution in [0.4, 0.5) is 0 Å². The summed E-state index contributed by atoms with van der Waals surface area (Å²) in [6.07, 6.45) is 6.40. The molecule has 1 aromatic carbocycles. The van der Waals surface area contributed by atoms with Gasteiger partial charge in [0.2, 0.25) is 5.91 Å². The van der Waals surface area contributed by atoms with Crippen LogP contribution in [0.15, 0.2) is 35.4 Å². The van der Waals surface area contributed by atoms with Crippen LogP contribution in [0.5, 0.6) is 5.75 Å². The van der Waals surface area contributed by atoms with E-state index in [2.05, 4.69) is 10.3 Å². The van der Waals surface area contributed by atoms with Gasteiger partial charge >= 0.3 is 0 Å². The van der Waals surface area contributed by atoms with Crippen molar-refractivity contribution in [1.29, 1.82) is 0 Å². The summed E-state index contributed by atoms with van der Waals surface area (Å²) < 4.78 is 6.75. The summed E-state index contributed by atoms with van der Waals surface area (Å²) in [4.78, 5) is 31.8. The quantitative estimate of drug-likeness (QED) is 0.694. The summed E-state index contributed by atoms with van der Waals surface area (Å²) in [5.41, 5.74) is 2.08. The first-order chi connectivity index (χ1) is 13.7. The average Bonchev–Trinajstić information content (AvgIpc) is 3.10. The van der Waals surface area contributed by atoms with Crippen LogP contribution in [0.2, 0.25) is 0 Å². The summed E-state index contributed by atoms with van der Waals surface area (Å²) in [6, 6.07) is 7.74. The molecule has 7 heteroatoms. The Bertz CT molecular complexity index is 1070. The number of benzene rings is 1. The minimum atomic E-state index is -0.192. The average molecular weight is 398 g/mol. The lowest BCUT2D eigenvalue weighted by atomic mass is 9.97. The zero-order valence-corrected chi connectivity index (χ0v) is 16.7. The van der Waals surface area contributed by atoms with Gasteiger partial charge in [0.15, 0.2) is 0 Å². The smallest absolute Gasteiger partial charge is 0.262 e. The molecule has 1 N–H and O–H groups in total. The van der Waals surface area contributed by atoms with Gasteiger partial charge in [0.05, 0.1) is 18.8 Å². The van der Waals surface area contributed by atoms with Gasteiger partial charge in [-0.2, -0.15) is 0 Å². The number of nitrogens with zero attached hydrogens (tertiary/aromatic N) is 2. The fraction of sp³-hybridized carbons (Fsp3) is 0.381. The molecule has 0 spiro atoms. The Kier molecular flexibility index (Phi) is 5.43. The first kappa shape index (κ1) is 18.7. The highest BCUT2D eigenvalue weighted by atomic mass is 32.1.